The van der Waals surface area contributed by atoms with Crippen LogP contribution in [0.15, 0.2) is 16.6 Å². The van der Waals surface area contributed by atoms with Gasteiger partial charge in [-0.25, -0.2) is 0 Å². The van der Waals surface area contributed by atoms with E-state index >= 15 is 0 Å². The zero-order valence-corrected chi connectivity index (χ0v) is 10.5. The summed E-state index contributed by atoms with van der Waals surface area (Å²) in [5, 5.41) is 9.63. The summed E-state index contributed by atoms with van der Waals surface area (Å²) in [4.78, 5) is 0. The maximum atomic E-state index is 9.63. The molecule has 0 radical (unpaired) electrons. The first-order valence-electron chi connectivity index (χ1n) is 4.43. The van der Waals surface area contributed by atoms with E-state index < -0.39 is 0 Å². The summed E-state index contributed by atoms with van der Waals surface area (Å²) in [5.41, 5.74) is 1.07. The van der Waals surface area contributed by atoms with Crippen LogP contribution in [0.3, 0.4) is 0 Å². The molecule has 1 aromatic carbocycles. The molecule has 0 heterocycles. The Kier molecular flexibility index (Phi) is 3.10. The van der Waals surface area contributed by atoms with Gasteiger partial charge in [0, 0.05) is 4.47 Å². The van der Waals surface area contributed by atoms with E-state index in [0.29, 0.717) is 5.75 Å². The molecule has 1 rings (SSSR count). The van der Waals surface area contributed by atoms with Crippen molar-refractivity contribution >= 4 is 15.9 Å². The minimum atomic E-state index is 0.00256. The van der Waals surface area contributed by atoms with E-state index in [4.69, 9.17) is 4.74 Å². The molecule has 0 aliphatic rings. The van der Waals surface area contributed by atoms with Crippen molar-refractivity contribution in [2.75, 3.05) is 7.11 Å². The van der Waals surface area contributed by atoms with E-state index in [0.717, 1.165) is 10.0 Å². The van der Waals surface area contributed by atoms with Gasteiger partial charge in [0.1, 0.15) is 0 Å². The number of rotatable bonds is 1. The molecule has 0 aromatic heterocycles. The third kappa shape index (κ3) is 2.21. The molecule has 0 atom stereocenters. The van der Waals surface area contributed by atoms with Crippen LogP contribution in [0.4, 0.5) is 0 Å². The van der Waals surface area contributed by atoms with Crippen molar-refractivity contribution in [2.45, 2.75) is 26.2 Å². The minimum absolute atomic E-state index is 0.00256. The van der Waals surface area contributed by atoms with Crippen molar-refractivity contribution in [2.24, 2.45) is 0 Å². The molecule has 2 nitrogen and oxygen atoms in total. The van der Waals surface area contributed by atoms with Crippen LogP contribution in [0, 0.1) is 0 Å². The molecule has 0 saturated carbocycles. The Morgan fingerprint density at radius 1 is 1.29 bits per heavy atom. The lowest BCUT2D eigenvalue weighted by molar-refractivity contribution is 0.371. The Bertz CT molecular complexity index is 340. The Balaban J connectivity index is 3.29. The number of benzene rings is 1. The molecule has 0 aliphatic carbocycles. The summed E-state index contributed by atoms with van der Waals surface area (Å²) in [6.45, 7) is 6.29. The summed E-state index contributed by atoms with van der Waals surface area (Å²) in [6.07, 6.45) is 0. The van der Waals surface area contributed by atoms with Crippen LogP contribution in [0.5, 0.6) is 11.5 Å². The summed E-state index contributed by atoms with van der Waals surface area (Å²) < 4.78 is 5.97. The third-order valence-electron chi connectivity index (χ3n) is 2.08. The van der Waals surface area contributed by atoms with E-state index in [1.54, 1.807) is 12.1 Å². The number of ether oxygens (including phenoxy) is 1. The zero-order valence-electron chi connectivity index (χ0n) is 8.89. The second kappa shape index (κ2) is 3.81. The van der Waals surface area contributed by atoms with Crippen molar-refractivity contribution in [1.82, 2.24) is 0 Å². The lowest BCUT2D eigenvalue weighted by Crippen LogP contribution is -2.11. The van der Waals surface area contributed by atoms with Gasteiger partial charge in [-0.15, -0.1) is 0 Å². The Labute approximate surface area is 93.0 Å². The SMILES string of the molecule is COc1cc(Br)c(C(C)(C)C)cc1O. The van der Waals surface area contributed by atoms with Crippen LogP contribution < -0.4 is 4.74 Å². The van der Waals surface area contributed by atoms with Gasteiger partial charge in [0.2, 0.25) is 0 Å². The van der Waals surface area contributed by atoms with Crippen molar-refractivity contribution in [3.05, 3.63) is 22.2 Å². The van der Waals surface area contributed by atoms with Gasteiger partial charge in [0.05, 0.1) is 7.11 Å². The quantitative estimate of drug-likeness (QED) is 0.836. The van der Waals surface area contributed by atoms with Gasteiger partial charge in [-0.3, -0.25) is 0 Å². The fraction of sp³-hybridized carbons (Fsp3) is 0.455. The second-order valence-corrected chi connectivity index (χ2v) is 5.11. The smallest absolute Gasteiger partial charge is 0.161 e. The topological polar surface area (TPSA) is 29.5 Å². The number of phenols is 1. The number of hydrogen-bond acceptors (Lipinski definition) is 2. The highest BCUT2D eigenvalue weighted by Crippen LogP contribution is 2.37. The first kappa shape index (κ1) is 11.4. The summed E-state index contributed by atoms with van der Waals surface area (Å²) in [7, 11) is 1.54. The second-order valence-electron chi connectivity index (χ2n) is 4.25. The van der Waals surface area contributed by atoms with E-state index in [2.05, 4.69) is 36.7 Å². The van der Waals surface area contributed by atoms with E-state index in [1.807, 2.05) is 0 Å². The Hall–Kier alpha value is -0.700. The lowest BCUT2D eigenvalue weighted by Gasteiger charge is -2.21. The summed E-state index contributed by atoms with van der Waals surface area (Å²) in [6, 6.07) is 3.53. The largest absolute Gasteiger partial charge is 0.504 e. The molecular weight excluding hydrogens is 244 g/mol. The van der Waals surface area contributed by atoms with E-state index in [-0.39, 0.29) is 11.2 Å². The minimum Gasteiger partial charge on any atom is -0.504 e. The fourth-order valence-electron chi connectivity index (χ4n) is 1.28. The van der Waals surface area contributed by atoms with Gasteiger partial charge in [0.15, 0.2) is 11.5 Å². The summed E-state index contributed by atoms with van der Waals surface area (Å²) in [5.74, 6) is 0.672. The molecule has 0 amide bonds. The third-order valence-corrected chi connectivity index (χ3v) is 2.73. The monoisotopic (exact) mass is 258 g/mol. The summed E-state index contributed by atoms with van der Waals surface area (Å²) >= 11 is 3.47. The van der Waals surface area contributed by atoms with Crippen molar-refractivity contribution < 1.29 is 9.84 Å². The Morgan fingerprint density at radius 2 is 1.86 bits per heavy atom. The standard InChI is InChI=1S/C11H15BrO2/c1-11(2,3)7-5-9(13)10(14-4)6-8(7)12/h5-6,13H,1-4H3. The number of aromatic hydroxyl groups is 1. The molecule has 0 spiro atoms. The average Bonchev–Trinajstić information content (AvgIpc) is 2.06. The van der Waals surface area contributed by atoms with Crippen molar-refractivity contribution in [1.29, 1.82) is 0 Å². The van der Waals surface area contributed by atoms with Gasteiger partial charge in [-0.2, -0.15) is 0 Å². The number of halogens is 1. The van der Waals surface area contributed by atoms with Crippen molar-refractivity contribution in [3.8, 4) is 11.5 Å². The fourth-order valence-corrected chi connectivity index (χ4v) is 2.20. The molecule has 0 unspecified atom stereocenters. The molecule has 3 heteroatoms. The normalized spacial score (nSPS) is 11.5. The molecule has 0 saturated heterocycles. The maximum absolute atomic E-state index is 9.63. The molecule has 14 heavy (non-hydrogen) atoms. The first-order chi connectivity index (χ1) is 6.36. The van der Waals surface area contributed by atoms with E-state index in [1.165, 1.54) is 7.11 Å². The van der Waals surface area contributed by atoms with Crippen LogP contribution >= 0.6 is 15.9 Å². The predicted octanol–water partition coefficient (Wildman–Crippen LogP) is 3.46. The molecular formula is C11H15BrO2. The number of methoxy groups -OCH3 is 1. The van der Waals surface area contributed by atoms with Gasteiger partial charge >= 0.3 is 0 Å². The average molecular weight is 259 g/mol. The lowest BCUT2D eigenvalue weighted by atomic mass is 9.87. The highest BCUT2D eigenvalue weighted by Gasteiger charge is 2.19. The van der Waals surface area contributed by atoms with Gasteiger partial charge in [0.25, 0.3) is 0 Å². The van der Waals surface area contributed by atoms with Gasteiger partial charge in [-0.05, 0) is 23.1 Å². The maximum Gasteiger partial charge on any atom is 0.161 e. The molecule has 1 N–H and O–H groups in total. The van der Waals surface area contributed by atoms with Gasteiger partial charge < -0.3 is 9.84 Å². The molecule has 1 aromatic rings. The van der Waals surface area contributed by atoms with E-state index in [9.17, 15) is 5.11 Å². The van der Waals surface area contributed by atoms with Crippen LogP contribution in [-0.4, -0.2) is 12.2 Å². The Morgan fingerprint density at radius 3 is 2.29 bits per heavy atom. The van der Waals surface area contributed by atoms with Crippen LogP contribution in [0.25, 0.3) is 0 Å². The molecule has 0 fully saturated rings. The number of hydrogen-bond donors (Lipinski definition) is 1. The van der Waals surface area contributed by atoms with Crippen LogP contribution in [0.2, 0.25) is 0 Å². The molecule has 78 valence electrons. The zero-order chi connectivity index (χ0) is 10.9. The first-order valence-corrected chi connectivity index (χ1v) is 5.22. The number of phenolic OH excluding ortho intramolecular Hbond substituents is 1. The molecule has 0 bridgehead atoms. The highest BCUT2D eigenvalue weighted by molar-refractivity contribution is 9.10. The van der Waals surface area contributed by atoms with Gasteiger partial charge in [-0.1, -0.05) is 36.7 Å². The van der Waals surface area contributed by atoms with Crippen LogP contribution in [0.1, 0.15) is 26.3 Å². The molecule has 0 aliphatic heterocycles. The van der Waals surface area contributed by atoms with Crippen molar-refractivity contribution in [3.63, 3.8) is 0 Å². The van der Waals surface area contributed by atoms with Crippen LogP contribution in [-0.2, 0) is 5.41 Å². The highest BCUT2D eigenvalue weighted by atomic mass is 79.9. The predicted molar refractivity (Wildman–Crippen MR) is 61.1 cm³/mol.